The Hall–Kier alpha value is -1.38. The molecule has 0 aliphatic heterocycles. The molecule has 0 bridgehead atoms. The van der Waals surface area contributed by atoms with Crippen LogP contribution in [0.1, 0.15) is 11.1 Å². The van der Waals surface area contributed by atoms with Crippen molar-refractivity contribution in [3.05, 3.63) is 46.2 Å². The zero-order valence-electron chi connectivity index (χ0n) is 9.01. The van der Waals surface area contributed by atoms with Gasteiger partial charge in [-0.2, -0.15) is 5.26 Å². The lowest BCUT2D eigenvalue weighted by molar-refractivity contribution is 0.950. The average Bonchev–Trinajstić information content (AvgIpc) is 2.32. The first-order valence-corrected chi connectivity index (χ1v) is 6.46. The molecule has 0 unspecified atom stereocenters. The molecule has 0 saturated carbocycles. The number of rotatable bonds is 2. The molecule has 1 aromatic heterocycles. The van der Waals surface area contributed by atoms with E-state index in [1.807, 2.05) is 19.1 Å². The van der Waals surface area contributed by atoms with Crippen molar-refractivity contribution in [3.8, 4) is 6.07 Å². The third-order valence-corrected chi connectivity index (χ3v) is 3.57. The summed E-state index contributed by atoms with van der Waals surface area (Å²) in [6.45, 7) is 1.95. The number of nitrogens with zero attached hydrogens (tertiary/aromatic N) is 3. The van der Waals surface area contributed by atoms with Gasteiger partial charge in [0.1, 0.15) is 6.07 Å². The second-order valence-electron chi connectivity index (χ2n) is 3.40. The Kier molecular flexibility index (Phi) is 3.77. The molecule has 0 atom stereocenters. The van der Waals surface area contributed by atoms with Crippen LogP contribution in [0.5, 0.6) is 0 Å². The van der Waals surface area contributed by atoms with Gasteiger partial charge in [0.05, 0.1) is 5.56 Å². The first-order chi connectivity index (χ1) is 8.19. The molecule has 0 aliphatic carbocycles. The highest BCUT2D eigenvalue weighted by Gasteiger charge is 2.04. The van der Waals surface area contributed by atoms with E-state index < -0.39 is 0 Å². The molecule has 17 heavy (non-hydrogen) atoms. The summed E-state index contributed by atoms with van der Waals surface area (Å²) in [5.74, 6) is 0. The maximum Gasteiger partial charge on any atom is 0.192 e. The monoisotopic (exact) mass is 305 g/mol. The molecular weight excluding hydrogens is 298 g/mol. The molecule has 1 aromatic carbocycles. The normalized spacial score (nSPS) is 9.94. The summed E-state index contributed by atoms with van der Waals surface area (Å²) < 4.78 is 0.789. The Morgan fingerprint density at radius 1 is 1.29 bits per heavy atom. The maximum atomic E-state index is 8.82. The van der Waals surface area contributed by atoms with Gasteiger partial charge in [-0.1, -0.05) is 0 Å². The van der Waals surface area contributed by atoms with Crippen LogP contribution < -0.4 is 0 Å². The molecule has 3 nitrogen and oxygen atoms in total. The van der Waals surface area contributed by atoms with E-state index in [2.05, 4.69) is 32.0 Å². The first kappa shape index (κ1) is 12.1. The second-order valence-corrected chi connectivity index (χ2v) is 5.29. The molecule has 1 heterocycles. The quantitative estimate of drug-likeness (QED) is 0.796. The van der Waals surface area contributed by atoms with Crippen LogP contribution in [-0.2, 0) is 0 Å². The summed E-state index contributed by atoms with van der Waals surface area (Å²) >= 11 is 4.82. The molecule has 0 N–H and O–H groups in total. The largest absolute Gasteiger partial charge is 0.231 e. The van der Waals surface area contributed by atoms with Crippen LogP contribution in [0, 0.1) is 18.3 Å². The predicted octanol–water partition coefficient (Wildman–Crippen LogP) is 3.57. The predicted molar refractivity (Wildman–Crippen MR) is 69.7 cm³/mol. The number of hydrogen-bond acceptors (Lipinski definition) is 4. The van der Waals surface area contributed by atoms with Gasteiger partial charge in [0.2, 0.25) is 0 Å². The topological polar surface area (TPSA) is 49.6 Å². The smallest absolute Gasteiger partial charge is 0.192 e. The SMILES string of the molecule is Cc1cnc(Sc2ccc(C#N)c(Br)c2)nc1. The van der Waals surface area contributed by atoms with Crippen molar-refractivity contribution in [2.45, 2.75) is 17.0 Å². The molecule has 0 radical (unpaired) electrons. The highest BCUT2D eigenvalue weighted by atomic mass is 79.9. The number of halogens is 1. The van der Waals surface area contributed by atoms with E-state index in [0.717, 1.165) is 14.9 Å². The number of nitriles is 1. The van der Waals surface area contributed by atoms with Crippen LogP contribution in [0.25, 0.3) is 0 Å². The van der Waals surface area contributed by atoms with Gasteiger partial charge in [0.25, 0.3) is 0 Å². The Morgan fingerprint density at radius 2 is 2.00 bits per heavy atom. The van der Waals surface area contributed by atoms with Crippen LogP contribution in [0.2, 0.25) is 0 Å². The summed E-state index contributed by atoms with van der Waals surface area (Å²) in [5.41, 5.74) is 1.66. The van der Waals surface area contributed by atoms with E-state index in [0.29, 0.717) is 10.7 Å². The molecule has 0 spiro atoms. The van der Waals surface area contributed by atoms with Crippen molar-refractivity contribution in [1.82, 2.24) is 9.97 Å². The molecule has 0 aliphatic rings. The summed E-state index contributed by atoms with van der Waals surface area (Å²) in [7, 11) is 0. The fourth-order valence-corrected chi connectivity index (χ4v) is 2.54. The molecule has 2 aromatic rings. The van der Waals surface area contributed by atoms with E-state index in [4.69, 9.17) is 5.26 Å². The number of benzene rings is 1. The van der Waals surface area contributed by atoms with Crippen LogP contribution in [0.15, 0.2) is 45.1 Å². The Morgan fingerprint density at radius 3 is 2.59 bits per heavy atom. The Balaban J connectivity index is 2.22. The van der Waals surface area contributed by atoms with Gasteiger partial charge in [0, 0.05) is 21.8 Å². The lowest BCUT2D eigenvalue weighted by atomic mass is 10.2. The lowest BCUT2D eigenvalue weighted by Crippen LogP contribution is -1.86. The lowest BCUT2D eigenvalue weighted by Gasteiger charge is -2.02. The number of aryl methyl sites for hydroxylation is 1. The van der Waals surface area contributed by atoms with Gasteiger partial charge in [-0.05, 0) is 58.4 Å². The van der Waals surface area contributed by atoms with Gasteiger partial charge in [-0.3, -0.25) is 0 Å². The number of hydrogen-bond donors (Lipinski definition) is 0. The van der Waals surface area contributed by atoms with Crippen molar-refractivity contribution in [3.63, 3.8) is 0 Å². The van der Waals surface area contributed by atoms with E-state index in [-0.39, 0.29) is 0 Å². The molecule has 84 valence electrons. The van der Waals surface area contributed by atoms with Gasteiger partial charge in [-0.15, -0.1) is 0 Å². The van der Waals surface area contributed by atoms with Crippen LogP contribution in [0.4, 0.5) is 0 Å². The van der Waals surface area contributed by atoms with Crippen molar-refractivity contribution < 1.29 is 0 Å². The van der Waals surface area contributed by atoms with Gasteiger partial charge in [-0.25, -0.2) is 9.97 Å². The standard InChI is InChI=1S/C12H8BrN3S/c1-8-6-15-12(16-7-8)17-10-3-2-9(5-14)11(13)4-10/h2-4,6-7H,1H3. The Bertz CT molecular complexity index is 575. The summed E-state index contributed by atoms with van der Waals surface area (Å²) in [5, 5.41) is 9.52. The van der Waals surface area contributed by atoms with Gasteiger partial charge in [0.15, 0.2) is 5.16 Å². The third-order valence-electron chi connectivity index (χ3n) is 2.03. The summed E-state index contributed by atoms with van der Waals surface area (Å²) in [4.78, 5) is 9.43. The Labute approximate surface area is 112 Å². The first-order valence-electron chi connectivity index (χ1n) is 4.85. The van der Waals surface area contributed by atoms with Crippen molar-refractivity contribution >= 4 is 27.7 Å². The summed E-state index contributed by atoms with van der Waals surface area (Å²) in [6.07, 6.45) is 3.57. The third kappa shape index (κ3) is 3.05. The molecule has 0 fully saturated rings. The minimum Gasteiger partial charge on any atom is -0.231 e. The van der Waals surface area contributed by atoms with E-state index in [9.17, 15) is 0 Å². The fourth-order valence-electron chi connectivity index (χ4n) is 1.19. The van der Waals surface area contributed by atoms with Crippen molar-refractivity contribution in [2.75, 3.05) is 0 Å². The zero-order valence-corrected chi connectivity index (χ0v) is 11.4. The minimum absolute atomic E-state index is 0.624. The highest BCUT2D eigenvalue weighted by molar-refractivity contribution is 9.10. The van der Waals surface area contributed by atoms with Gasteiger partial charge >= 0.3 is 0 Å². The molecule has 5 heteroatoms. The summed E-state index contributed by atoms with van der Waals surface area (Å²) in [6, 6.07) is 7.67. The maximum absolute atomic E-state index is 8.82. The highest BCUT2D eigenvalue weighted by Crippen LogP contribution is 2.28. The molecule has 0 saturated heterocycles. The zero-order chi connectivity index (χ0) is 12.3. The van der Waals surface area contributed by atoms with E-state index in [1.54, 1.807) is 18.5 Å². The van der Waals surface area contributed by atoms with Gasteiger partial charge < -0.3 is 0 Å². The number of aromatic nitrogens is 2. The van der Waals surface area contributed by atoms with Crippen LogP contribution in [0.3, 0.4) is 0 Å². The van der Waals surface area contributed by atoms with E-state index >= 15 is 0 Å². The van der Waals surface area contributed by atoms with Crippen LogP contribution >= 0.6 is 27.7 Å². The van der Waals surface area contributed by atoms with Crippen molar-refractivity contribution in [2.24, 2.45) is 0 Å². The minimum atomic E-state index is 0.624. The van der Waals surface area contributed by atoms with Crippen LogP contribution in [-0.4, -0.2) is 9.97 Å². The second kappa shape index (κ2) is 5.30. The fraction of sp³-hybridized carbons (Fsp3) is 0.0833. The van der Waals surface area contributed by atoms with Crippen molar-refractivity contribution in [1.29, 1.82) is 5.26 Å². The van der Waals surface area contributed by atoms with E-state index in [1.165, 1.54) is 11.8 Å². The average molecular weight is 306 g/mol. The molecule has 2 rings (SSSR count). The molecule has 0 amide bonds. The molecular formula is C12H8BrN3S.